The van der Waals surface area contributed by atoms with Crippen LogP contribution in [0.3, 0.4) is 0 Å². The molecule has 4 amide bonds. The van der Waals surface area contributed by atoms with Crippen molar-refractivity contribution in [2.45, 2.75) is 20.1 Å². The molecule has 0 aromatic heterocycles. The molecule has 42 heavy (non-hydrogen) atoms. The number of ether oxygens (including phenoxy) is 3. The first kappa shape index (κ1) is 28.6. The van der Waals surface area contributed by atoms with E-state index in [1.54, 1.807) is 36.4 Å². The molecule has 0 saturated carbocycles. The van der Waals surface area contributed by atoms with Gasteiger partial charge in [0.2, 0.25) is 0 Å². The van der Waals surface area contributed by atoms with Gasteiger partial charge in [0.15, 0.2) is 11.5 Å². The summed E-state index contributed by atoms with van der Waals surface area (Å²) < 4.78 is 17.9. The van der Waals surface area contributed by atoms with Gasteiger partial charge in [0.1, 0.15) is 24.5 Å². The molecular formula is C33H27BrN2O6. The van der Waals surface area contributed by atoms with E-state index in [0.29, 0.717) is 46.2 Å². The molecule has 4 aromatic carbocycles. The fourth-order valence-electron chi connectivity index (χ4n) is 4.41. The zero-order valence-corrected chi connectivity index (χ0v) is 24.5. The van der Waals surface area contributed by atoms with Crippen molar-refractivity contribution in [3.63, 3.8) is 0 Å². The molecule has 0 unspecified atom stereocenters. The maximum atomic E-state index is 13.4. The minimum atomic E-state index is -0.834. The van der Waals surface area contributed by atoms with Crippen LogP contribution in [0, 0.1) is 6.92 Å². The van der Waals surface area contributed by atoms with Crippen LogP contribution in [-0.4, -0.2) is 25.0 Å². The topological polar surface area (TPSA) is 94.2 Å². The lowest BCUT2D eigenvalue weighted by atomic mass is 10.1. The zero-order valence-electron chi connectivity index (χ0n) is 22.9. The van der Waals surface area contributed by atoms with Crippen LogP contribution in [0.15, 0.2) is 101 Å². The number of barbiturate groups is 1. The van der Waals surface area contributed by atoms with Gasteiger partial charge in [-0.05, 0) is 82.0 Å². The third-order valence-corrected chi connectivity index (χ3v) is 7.06. The highest BCUT2D eigenvalue weighted by atomic mass is 79.9. The number of hydrogen-bond donors (Lipinski definition) is 1. The summed E-state index contributed by atoms with van der Waals surface area (Å²) in [5.41, 5.74) is 3.72. The smallest absolute Gasteiger partial charge is 0.335 e. The second kappa shape index (κ2) is 12.7. The van der Waals surface area contributed by atoms with Gasteiger partial charge in [-0.25, -0.2) is 9.69 Å². The average molecular weight is 627 g/mol. The van der Waals surface area contributed by atoms with E-state index >= 15 is 0 Å². The van der Waals surface area contributed by atoms with Crippen molar-refractivity contribution in [1.29, 1.82) is 0 Å². The van der Waals surface area contributed by atoms with Gasteiger partial charge >= 0.3 is 6.03 Å². The van der Waals surface area contributed by atoms with Gasteiger partial charge < -0.3 is 14.2 Å². The van der Waals surface area contributed by atoms with Gasteiger partial charge in [0.25, 0.3) is 11.8 Å². The molecule has 9 heteroatoms. The number of amides is 4. The van der Waals surface area contributed by atoms with E-state index < -0.39 is 17.8 Å². The van der Waals surface area contributed by atoms with Gasteiger partial charge in [-0.15, -0.1) is 0 Å². The highest BCUT2D eigenvalue weighted by Gasteiger charge is 2.37. The van der Waals surface area contributed by atoms with Crippen molar-refractivity contribution in [2.24, 2.45) is 0 Å². The summed E-state index contributed by atoms with van der Waals surface area (Å²) >= 11 is 3.52. The van der Waals surface area contributed by atoms with E-state index in [4.69, 9.17) is 14.2 Å². The highest BCUT2D eigenvalue weighted by Crippen LogP contribution is 2.38. The Bertz CT molecular complexity index is 1670. The first-order valence-electron chi connectivity index (χ1n) is 13.1. The molecule has 0 bridgehead atoms. The lowest BCUT2D eigenvalue weighted by molar-refractivity contribution is -0.122. The first-order valence-corrected chi connectivity index (χ1v) is 13.9. The Balaban J connectivity index is 1.35. The maximum absolute atomic E-state index is 13.4. The van der Waals surface area contributed by atoms with Crippen LogP contribution >= 0.6 is 15.9 Å². The summed E-state index contributed by atoms with van der Waals surface area (Å²) in [6.07, 6.45) is 1.41. The molecular weight excluding hydrogens is 600 g/mol. The molecule has 1 aliphatic heterocycles. The minimum absolute atomic E-state index is 0.207. The monoisotopic (exact) mass is 626 g/mol. The molecule has 8 nitrogen and oxygen atoms in total. The Morgan fingerprint density at radius 3 is 2.26 bits per heavy atom. The third kappa shape index (κ3) is 6.53. The number of halogens is 1. The van der Waals surface area contributed by atoms with E-state index in [1.165, 1.54) is 13.2 Å². The van der Waals surface area contributed by atoms with Crippen molar-refractivity contribution in [1.82, 2.24) is 5.32 Å². The number of carbonyl (C=O) groups is 3. The first-order chi connectivity index (χ1) is 20.3. The minimum Gasteiger partial charge on any atom is -0.493 e. The largest absolute Gasteiger partial charge is 0.493 e. The van der Waals surface area contributed by atoms with Gasteiger partial charge in [-0.3, -0.25) is 14.9 Å². The molecule has 5 rings (SSSR count). The van der Waals surface area contributed by atoms with Crippen molar-refractivity contribution in [3.05, 3.63) is 123 Å². The van der Waals surface area contributed by atoms with Crippen LogP contribution in [-0.2, 0) is 22.8 Å². The molecule has 0 spiro atoms. The molecule has 0 atom stereocenters. The SMILES string of the molecule is COc1cc(/C=C2\C(=O)NC(=O)N(c3ccc(OCc4ccccc4)cc3)C2=O)cc(Br)c1OCc1cccc(C)c1. The number of rotatable bonds is 9. The quantitative estimate of drug-likeness (QED) is 0.166. The van der Waals surface area contributed by atoms with Crippen LogP contribution in [0.5, 0.6) is 17.2 Å². The second-order valence-electron chi connectivity index (χ2n) is 9.54. The molecule has 0 radical (unpaired) electrons. The number of anilines is 1. The van der Waals surface area contributed by atoms with Crippen molar-refractivity contribution < 1.29 is 28.6 Å². The number of nitrogens with zero attached hydrogens (tertiary/aromatic N) is 1. The van der Waals surface area contributed by atoms with Crippen LogP contribution in [0.1, 0.15) is 22.3 Å². The lowest BCUT2D eigenvalue weighted by Crippen LogP contribution is -2.54. The Kier molecular flexibility index (Phi) is 8.68. The van der Waals surface area contributed by atoms with E-state index in [9.17, 15) is 14.4 Å². The van der Waals surface area contributed by atoms with E-state index in [2.05, 4.69) is 21.2 Å². The van der Waals surface area contributed by atoms with Gasteiger partial charge in [-0.2, -0.15) is 0 Å². The van der Waals surface area contributed by atoms with Gasteiger partial charge in [-0.1, -0.05) is 60.2 Å². The highest BCUT2D eigenvalue weighted by molar-refractivity contribution is 9.10. The molecule has 4 aromatic rings. The molecule has 0 aliphatic carbocycles. The molecule has 212 valence electrons. The van der Waals surface area contributed by atoms with Crippen LogP contribution in [0.2, 0.25) is 0 Å². The molecule has 1 aliphatic rings. The number of methoxy groups -OCH3 is 1. The Labute approximate surface area is 251 Å². The Morgan fingerprint density at radius 2 is 1.55 bits per heavy atom. The van der Waals surface area contributed by atoms with Crippen LogP contribution < -0.4 is 24.4 Å². The standard InChI is InChI=1S/C33H27BrN2O6/c1-21-7-6-10-23(15-21)20-42-30-28(34)17-24(18-29(30)40-2)16-27-31(37)35-33(39)36(32(27)38)25-11-13-26(14-12-25)41-19-22-8-4-3-5-9-22/h3-18H,19-20H2,1-2H3,(H,35,37,39)/b27-16+. The van der Waals surface area contributed by atoms with E-state index in [1.807, 2.05) is 61.5 Å². The van der Waals surface area contributed by atoms with E-state index in [0.717, 1.165) is 21.6 Å². The summed E-state index contributed by atoms with van der Waals surface area (Å²) in [5.74, 6) is -0.0880. The summed E-state index contributed by atoms with van der Waals surface area (Å²) in [5, 5.41) is 2.25. The predicted octanol–water partition coefficient (Wildman–Crippen LogP) is 6.59. The third-order valence-electron chi connectivity index (χ3n) is 6.47. The number of hydrogen-bond acceptors (Lipinski definition) is 6. The second-order valence-corrected chi connectivity index (χ2v) is 10.4. The molecule has 1 heterocycles. The summed E-state index contributed by atoms with van der Waals surface area (Å²) in [6, 6.07) is 26.7. The van der Waals surface area contributed by atoms with Crippen LogP contribution in [0.25, 0.3) is 6.08 Å². The fourth-order valence-corrected chi connectivity index (χ4v) is 4.99. The Morgan fingerprint density at radius 1 is 0.833 bits per heavy atom. The zero-order chi connectivity index (χ0) is 29.6. The number of imide groups is 2. The summed E-state index contributed by atoms with van der Waals surface area (Å²) in [6.45, 7) is 2.71. The summed E-state index contributed by atoms with van der Waals surface area (Å²) in [4.78, 5) is 39.8. The van der Waals surface area contributed by atoms with Crippen LogP contribution in [0.4, 0.5) is 10.5 Å². The number of carbonyl (C=O) groups excluding carboxylic acids is 3. The summed E-state index contributed by atoms with van der Waals surface area (Å²) in [7, 11) is 1.50. The van der Waals surface area contributed by atoms with Crippen molar-refractivity contribution in [3.8, 4) is 17.2 Å². The number of nitrogens with one attached hydrogen (secondary N) is 1. The van der Waals surface area contributed by atoms with Crippen molar-refractivity contribution in [2.75, 3.05) is 12.0 Å². The predicted molar refractivity (Wildman–Crippen MR) is 162 cm³/mol. The molecule has 1 fully saturated rings. The van der Waals surface area contributed by atoms with E-state index in [-0.39, 0.29) is 5.57 Å². The Hall–Kier alpha value is -4.89. The van der Waals surface area contributed by atoms with Crippen molar-refractivity contribution >= 4 is 45.5 Å². The number of benzene rings is 4. The number of urea groups is 1. The normalized spacial score (nSPS) is 14.1. The number of aryl methyl sites for hydroxylation is 1. The molecule has 1 saturated heterocycles. The van der Waals surface area contributed by atoms with Gasteiger partial charge in [0, 0.05) is 0 Å². The average Bonchev–Trinajstić information content (AvgIpc) is 2.98. The van der Waals surface area contributed by atoms with Gasteiger partial charge in [0.05, 0.1) is 17.3 Å². The maximum Gasteiger partial charge on any atom is 0.335 e. The lowest BCUT2D eigenvalue weighted by Gasteiger charge is -2.26. The fraction of sp³-hybridized carbons (Fsp3) is 0.121. The molecule has 1 N–H and O–H groups in total.